The second-order valence-corrected chi connectivity index (χ2v) is 11.5. The van der Waals surface area contributed by atoms with E-state index in [1.54, 1.807) is 26.2 Å². The SMILES string of the molecule is COc1ccc(CN(C(=O)COc2ccc(S(=O)(=O)Nc3ccc(F)cc3)cc2)[C@@H](C)C(=O)NC[C@@H]2CCCO2)cc1. The number of carbonyl (C=O) groups excluding carboxylic acids is 2. The molecule has 2 amide bonds. The lowest BCUT2D eigenvalue weighted by molar-refractivity contribution is -0.142. The first-order valence-electron chi connectivity index (χ1n) is 13.5. The minimum atomic E-state index is -3.93. The lowest BCUT2D eigenvalue weighted by atomic mass is 10.1. The molecule has 0 saturated carbocycles. The van der Waals surface area contributed by atoms with Crippen molar-refractivity contribution in [1.29, 1.82) is 0 Å². The lowest BCUT2D eigenvalue weighted by Gasteiger charge is -2.29. The fraction of sp³-hybridized carbons (Fsp3) is 0.333. The van der Waals surface area contributed by atoms with Crippen molar-refractivity contribution in [2.75, 3.05) is 31.6 Å². The highest BCUT2D eigenvalue weighted by molar-refractivity contribution is 7.92. The van der Waals surface area contributed by atoms with E-state index in [2.05, 4.69) is 10.0 Å². The smallest absolute Gasteiger partial charge is 0.261 e. The third kappa shape index (κ3) is 8.43. The van der Waals surface area contributed by atoms with Crippen LogP contribution in [0.2, 0.25) is 0 Å². The zero-order valence-corrected chi connectivity index (χ0v) is 24.2. The minimum Gasteiger partial charge on any atom is -0.497 e. The van der Waals surface area contributed by atoms with Crippen molar-refractivity contribution in [3.05, 3.63) is 84.2 Å². The van der Waals surface area contributed by atoms with Gasteiger partial charge < -0.3 is 24.4 Å². The first kappa shape index (κ1) is 30.8. The Bertz CT molecular complexity index is 1440. The van der Waals surface area contributed by atoms with Crippen LogP contribution in [0.1, 0.15) is 25.3 Å². The Morgan fingerprint density at radius 1 is 1.02 bits per heavy atom. The summed E-state index contributed by atoms with van der Waals surface area (Å²) >= 11 is 0. The number of halogens is 1. The Kier molecular flexibility index (Phi) is 10.4. The van der Waals surface area contributed by atoms with Gasteiger partial charge in [0.1, 0.15) is 23.4 Å². The number of carbonyl (C=O) groups is 2. The molecule has 1 aliphatic heterocycles. The Morgan fingerprint density at radius 2 is 1.69 bits per heavy atom. The van der Waals surface area contributed by atoms with Crippen molar-refractivity contribution in [1.82, 2.24) is 10.2 Å². The predicted octanol–water partition coefficient (Wildman–Crippen LogP) is 3.73. The average molecular weight is 600 g/mol. The monoisotopic (exact) mass is 599 g/mol. The highest BCUT2D eigenvalue weighted by atomic mass is 32.2. The predicted molar refractivity (Wildman–Crippen MR) is 154 cm³/mol. The molecular weight excluding hydrogens is 565 g/mol. The van der Waals surface area contributed by atoms with Crippen LogP contribution in [-0.4, -0.2) is 64.1 Å². The number of benzene rings is 3. The second-order valence-electron chi connectivity index (χ2n) is 9.80. The van der Waals surface area contributed by atoms with E-state index < -0.39 is 27.8 Å². The molecule has 10 nitrogen and oxygen atoms in total. The molecule has 4 rings (SSSR count). The average Bonchev–Trinajstić information content (AvgIpc) is 3.52. The van der Waals surface area contributed by atoms with Gasteiger partial charge in [-0.15, -0.1) is 0 Å². The number of ether oxygens (including phenoxy) is 3. The van der Waals surface area contributed by atoms with E-state index in [1.165, 1.54) is 41.3 Å². The van der Waals surface area contributed by atoms with Crippen molar-refractivity contribution in [2.24, 2.45) is 0 Å². The molecule has 1 saturated heterocycles. The number of amides is 2. The van der Waals surface area contributed by atoms with Crippen LogP contribution in [0, 0.1) is 5.82 Å². The summed E-state index contributed by atoms with van der Waals surface area (Å²) in [6.45, 7) is 2.48. The van der Waals surface area contributed by atoms with Crippen molar-refractivity contribution in [2.45, 2.75) is 43.4 Å². The number of anilines is 1. The summed E-state index contributed by atoms with van der Waals surface area (Å²) in [6.07, 6.45) is 1.79. The van der Waals surface area contributed by atoms with E-state index in [0.717, 1.165) is 30.5 Å². The summed E-state index contributed by atoms with van der Waals surface area (Å²) in [5.74, 6) is -0.286. The summed E-state index contributed by atoms with van der Waals surface area (Å²) in [5.41, 5.74) is 1.01. The van der Waals surface area contributed by atoms with Gasteiger partial charge in [0.05, 0.1) is 18.1 Å². The maximum absolute atomic E-state index is 13.3. The molecule has 0 aliphatic carbocycles. The number of hydrogen-bond acceptors (Lipinski definition) is 7. The molecule has 0 unspecified atom stereocenters. The van der Waals surface area contributed by atoms with Crippen LogP contribution in [-0.2, 0) is 30.9 Å². The molecule has 3 aromatic rings. The highest BCUT2D eigenvalue weighted by Crippen LogP contribution is 2.21. The molecular formula is C30H34FN3O7S. The Labute approximate surface area is 244 Å². The number of methoxy groups -OCH3 is 1. The Balaban J connectivity index is 1.40. The molecule has 224 valence electrons. The third-order valence-corrected chi connectivity index (χ3v) is 8.20. The van der Waals surface area contributed by atoms with E-state index in [9.17, 15) is 22.4 Å². The number of rotatable bonds is 13. The number of nitrogens with one attached hydrogen (secondary N) is 2. The van der Waals surface area contributed by atoms with Crippen LogP contribution in [0.15, 0.2) is 77.7 Å². The first-order valence-corrected chi connectivity index (χ1v) is 15.0. The van der Waals surface area contributed by atoms with E-state index in [0.29, 0.717) is 18.9 Å². The third-order valence-electron chi connectivity index (χ3n) is 6.80. The molecule has 0 aromatic heterocycles. The van der Waals surface area contributed by atoms with Crippen LogP contribution in [0.4, 0.5) is 10.1 Å². The molecule has 2 N–H and O–H groups in total. The quantitative estimate of drug-likeness (QED) is 0.307. The summed E-state index contributed by atoms with van der Waals surface area (Å²) in [4.78, 5) is 27.7. The minimum absolute atomic E-state index is 0.0344. The molecule has 2 atom stereocenters. The van der Waals surface area contributed by atoms with Crippen molar-refractivity contribution in [3.63, 3.8) is 0 Å². The van der Waals surface area contributed by atoms with E-state index in [1.807, 2.05) is 12.1 Å². The van der Waals surface area contributed by atoms with Crippen LogP contribution in [0.5, 0.6) is 11.5 Å². The van der Waals surface area contributed by atoms with Gasteiger partial charge in [-0.25, -0.2) is 12.8 Å². The normalized spacial score (nSPS) is 15.5. The zero-order valence-electron chi connectivity index (χ0n) is 23.4. The molecule has 0 radical (unpaired) electrons. The Morgan fingerprint density at radius 3 is 2.31 bits per heavy atom. The van der Waals surface area contributed by atoms with Crippen LogP contribution < -0.4 is 19.5 Å². The molecule has 1 aliphatic rings. The van der Waals surface area contributed by atoms with Crippen LogP contribution >= 0.6 is 0 Å². The molecule has 1 heterocycles. The second kappa shape index (κ2) is 14.1. The maximum Gasteiger partial charge on any atom is 0.261 e. The number of hydrogen-bond donors (Lipinski definition) is 2. The van der Waals surface area contributed by atoms with Gasteiger partial charge in [0.25, 0.3) is 15.9 Å². The van der Waals surface area contributed by atoms with E-state index >= 15 is 0 Å². The number of sulfonamides is 1. The van der Waals surface area contributed by atoms with Gasteiger partial charge in [-0.2, -0.15) is 0 Å². The van der Waals surface area contributed by atoms with Gasteiger partial charge in [-0.3, -0.25) is 14.3 Å². The van der Waals surface area contributed by atoms with Crippen LogP contribution in [0.25, 0.3) is 0 Å². The van der Waals surface area contributed by atoms with Gasteiger partial charge in [0, 0.05) is 25.4 Å². The molecule has 42 heavy (non-hydrogen) atoms. The molecule has 1 fully saturated rings. The standard InChI is InChI=1S/C30H34FN3O7S/c1-21(30(36)32-18-27-4-3-17-40-27)34(19-22-5-11-25(39-2)12-6-22)29(35)20-41-26-13-15-28(16-14-26)42(37,38)33-24-9-7-23(31)8-10-24/h5-16,21,27,33H,3-4,17-20H2,1-2H3,(H,32,36)/t21-,27-/m0/s1. The van der Waals surface area contributed by atoms with Gasteiger partial charge in [0.2, 0.25) is 5.91 Å². The van der Waals surface area contributed by atoms with Crippen molar-refractivity contribution < 1.29 is 36.6 Å². The first-order chi connectivity index (χ1) is 20.1. The fourth-order valence-electron chi connectivity index (χ4n) is 4.35. The number of nitrogens with zero attached hydrogens (tertiary/aromatic N) is 1. The van der Waals surface area contributed by atoms with Crippen molar-refractivity contribution in [3.8, 4) is 11.5 Å². The summed E-state index contributed by atoms with van der Waals surface area (Å²) in [5, 5.41) is 2.88. The topological polar surface area (TPSA) is 123 Å². The summed E-state index contributed by atoms with van der Waals surface area (Å²) < 4.78 is 57.3. The molecule has 3 aromatic carbocycles. The molecule has 0 spiro atoms. The highest BCUT2D eigenvalue weighted by Gasteiger charge is 2.27. The molecule has 12 heteroatoms. The molecule has 0 bridgehead atoms. The largest absolute Gasteiger partial charge is 0.497 e. The van der Waals surface area contributed by atoms with Gasteiger partial charge in [-0.1, -0.05) is 12.1 Å². The summed E-state index contributed by atoms with van der Waals surface area (Å²) in [7, 11) is -2.36. The zero-order chi connectivity index (χ0) is 30.1. The fourth-order valence-corrected chi connectivity index (χ4v) is 5.41. The van der Waals surface area contributed by atoms with E-state index in [-0.39, 0.29) is 41.5 Å². The van der Waals surface area contributed by atoms with Gasteiger partial charge in [0.15, 0.2) is 6.61 Å². The summed E-state index contributed by atoms with van der Waals surface area (Å²) in [6, 6.07) is 16.8. The maximum atomic E-state index is 13.3. The van der Waals surface area contributed by atoms with Crippen LogP contribution in [0.3, 0.4) is 0 Å². The van der Waals surface area contributed by atoms with Crippen molar-refractivity contribution >= 4 is 27.5 Å². The lowest BCUT2D eigenvalue weighted by Crippen LogP contribution is -2.50. The van der Waals surface area contributed by atoms with Gasteiger partial charge >= 0.3 is 0 Å². The van der Waals surface area contributed by atoms with E-state index in [4.69, 9.17) is 14.2 Å². The Hall–Kier alpha value is -4.16. The van der Waals surface area contributed by atoms with Gasteiger partial charge in [-0.05, 0) is 86.0 Å².